The molecule has 6 heteroatoms. The summed E-state index contributed by atoms with van der Waals surface area (Å²) in [6.07, 6.45) is 4.74. The third kappa shape index (κ3) is 2.91. The van der Waals surface area contributed by atoms with Gasteiger partial charge in [-0.05, 0) is 55.2 Å². The molecule has 0 spiro atoms. The average molecular weight is 336 g/mol. The Balaban J connectivity index is 1.65. The predicted octanol–water partition coefficient (Wildman–Crippen LogP) is 3.13. The third-order valence-corrected chi connectivity index (χ3v) is 4.52. The molecule has 4 rings (SSSR count). The lowest BCUT2D eigenvalue weighted by molar-refractivity contribution is 0.0936. The molecule has 0 fully saturated rings. The zero-order chi connectivity index (χ0) is 17.4. The van der Waals surface area contributed by atoms with Crippen molar-refractivity contribution in [3.8, 4) is 5.69 Å². The maximum atomic E-state index is 13.6. The molecule has 0 saturated carbocycles. The minimum Gasteiger partial charge on any atom is -0.345 e. The predicted molar refractivity (Wildman–Crippen MR) is 91.0 cm³/mol. The number of halogens is 1. The summed E-state index contributed by atoms with van der Waals surface area (Å²) in [5.41, 5.74) is 4.04. The second-order valence-electron chi connectivity index (χ2n) is 6.25. The van der Waals surface area contributed by atoms with Crippen molar-refractivity contribution in [3.05, 3.63) is 76.9 Å². The molecule has 0 radical (unpaired) electrons. The fraction of sp³-hybridized carbons (Fsp3) is 0.211. The van der Waals surface area contributed by atoms with Crippen molar-refractivity contribution in [2.24, 2.45) is 0 Å². The van der Waals surface area contributed by atoms with Crippen molar-refractivity contribution in [1.29, 1.82) is 0 Å². The first-order chi connectivity index (χ1) is 12.1. The van der Waals surface area contributed by atoms with Crippen molar-refractivity contribution in [2.75, 3.05) is 0 Å². The Morgan fingerprint density at radius 1 is 1.20 bits per heavy atom. The highest BCUT2D eigenvalue weighted by atomic mass is 19.1. The first-order valence-electron chi connectivity index (χ1n) is 8.18. The number of carbonyl (C=O) groups is 1. The van der Waals surface area contributed by atoms with Crippen LogP contribution in [0.2, 0.25) is 0 Å². The van der Waals surface area contributed by atoms with Crippen molar-refractivity contribution in [3.63, 3.8) is 0 Å². The van der Waals surface area contributed by atoms with Crippen LogP contribution in [0, 0.1) is 12.7 Å². The highest BCUT2D eigenvalue weighted by Crippen LogP contribution is 2.32. The van der Waals surface area contributed by atoms with Crippen LogP contribution in [0.15, 0.2) is 48.8 Å². The number of hydrogen-bond donors (Lipinski definition) is 1. The summed E-state index contributed by atoms with van der Waals surface area (Å²) in [5, 5.41) is 11.3. The monoisotopic (exact) mass is 336 g/mol. The standard InChI is InChI=1S/C19H17FN4O/c1-12-2-7-18(24-21-8-9-22-24)16(10-12)19(25)23-17-6-4-13-3-5-14(20)11-15(13)17/h2-3,5,7-11,17H,4,6H2,1H3,(H,23,25). The molecule has 126 valence electrons. The van der Waals surface area contributed by atoms with Gasteiger partial charge in [-0.3, -0.25) is 4.79 Å². The number of rotatable bonds is 3. The van der Waals surface area contributed by atoms with E-state index in [0.717, 1.165) is 29.5 Å². The third-order valence-electron chi connectivity index (χ3n) is 4.52. The van der Waals surface area contributed by atoms with Gasteiger partial charge < -0.3 is 5.32 Å². The second-order valence-corrected chi connectivity index (χ2v) is 6.25. The first-order valence-corrected chi connectivity index (χ1v) is 8.18. The smallest absolute Gasteiger partial charge is 0.254 e. The number of fused-ring (bicyclic) bond motifs is 1. The van der Waals surface area contributed by atoms with Gasteiger partial charge in [0.15, 0.2) is 0 Å². The van der Waals surface area contributed by atoms with E-state index in [1.807, 2.05) is 25.1 Å². The minimum atomic E-state index is -0.281. The quantitative estimate of drug-likeness (QED) is 0.799. The number of benzene rings is 2. The van der Waals surface area contributed by atoms with Crippen molar-refractivity contribution >= 4 is 5.91 Å². The van der Waals surface area contributed by atoms with Crippen LogP contribution in [0.25, 0.3) is 5.69 Å². The molecule has 1 heterocycles. The van der Waals surface area contributed by atoms with Gasteiger partial charge in [0, 0.05) is 0 Å². The molecule has 0 bridgehead atoms. The van der Waals surface area contributed by atoms with Gasteiger partial charge in [0.25, 0.3) is 5.91 Å². The molecule has 1 N–H and O–H groups in total. The van der Waals surface area contributed by atoms with Crippen LogP contribution >= 0.6 is 0 Å². The lowest BCUT2D eigenvalue weighted by Gasteiger charge is -2.16. The molecule has 1 atom stereocenters. The van der Waals surface area contributed by atoms with E-state index in [2.05, 4.69) is 15.5 Å². The molecule has 0 aliphatic heterocycles. The van der Waals surface area contributed by atoms with E-state index < -0.39 is 0 Å². The summed E-state index contributed by atoms with van der Waals surface area (Å²) in [4.78, 5) is 14.3. The molecule has 25 heavy (non-hydrogen) atoms. The highest BCUT2D eigenvalue weighted by Gasteiger charge is 2.26. The maximum Gasteiger partial charge on any atom is 0.254 e. The Morgan fingerprint density at radius 2 is 2.00 bits per heavy atom. The maximum absolute atomic E-state index is 13.6. The normalized spacial score (nSPS) is 15.8. The van der Waals surface area contributed by atoms with Crippen molar-refractivity contribution in [1.82, 2.24) is 20.3 Å². The van der Waals surface area contributed by atoms with Gasteiger partial charge in [0.2, 0.25) is 0 Å². The lowest BCUT2D eigenvalue weighted by Crippen LogP contribution is -2.28. The van der Waals surface area contributed by atoms with Crippen molar-refractivity contribution < 1.29 is 9.18 Å². The molecule has 1 unspecified atom stereocenters. The summed E-state index contributed by atoms with van der Waals surface area (Å²) in [6.45, 7) is 1.93. The number of nitrogens with zero attached hydrogens (tertiary/aromatic N) is 3. The topological polar surface area (TPSA) is 59.8 Å². The summed E-state index contributed by atoms with van der Waals surface area (Å²) < 4.78 is 13.6. The van der Waals surface area contributed by atoms with Gasteiger partial charge in [-0.25, -0.2) is 4.39 Å². The van der Waals surface area contributed by atoms with E-state index >= 15 is 0 Å². The number of carbonyl (C=O) groups excluding carboxylic acids is 1. The van der Waals surface area contributed by atoms with Crippen LogP contribution in [0.4, 0.5) is 4.39 Å². The van der Waals surface area contributed by atoms with Crippen LogP contribution in [0.5, 0.6) is 0 Å². The van der Waals surface area contributed by atoms with E-state index in [1.54, 1.807) is 18.5 Å². The molecule has 3 aromatic rings. The van der Waals surface area contributed by atoms with Gasteiger partial charge in [-0.15, -0.1) is 0 Å². The van der Waals surface area contributed by atoms with E-state index in [0.29, 0.717) is 11.3 Å². The molecule has 2 aromatic carbocycles. The number of amides is 1. The summed E-state index contributed by atoms with van der Waals surface area (Å²) in [7, 11) is 0. The van der Waals surface area contributed by atoms with Gasteiger partial charge in [0.05, 0.1) is 29.7 Å². The van der Waals surface area contributed by atoms with Crippen LogP contribution in [0.1, 0.15) is 39.5 Å². The summed E-state index contributed by atoms with van der Waals surface area (Å²) in [6, 6.07) is 10.1. The van der Waals surface area contributed by atoms with Crippen molar-refractivity contribution in [2.45, 2.75) is 25.8 Å². The number of aromatic nitrogens is 3. The van der Waals surface area contributed by atoms with Crippen LogP contribution < -0.4 is 5.32 Å². The average Bonchev–Trinajstić information content (AvgIpc) is 3.25. The van der Waals surface area contributed by atoms with Crippen LogP contribution in [0.3, 0.4) is 0 Å². The summed E-state index contributed by atoms with van der Waals surface area (Å²) >= 11 is 0. The molecular weight excluding hydrogens is 319 g/mol. The zero-order valence-electron chi connectivity index (χ0n) is 13.7. The Bertz CT molecular complexity index is 937. The van der Waals surface area contributed by atoms with E-state index in [9.17, 15) is 9.18 Å². The van der Waals surface area contributed by atoms with Gasteiger partial charge in [-0.2, -0.15) is 15.0 Å². The Hall–Kier alpha value is -3.02. The molecule has 5 nitrogen and oxygen atoms in total. The number of hydrogen-bond acceptors (Lipinski definition) is 3. The van der Waals surface area contributed by atoms with Crippen LogP contribution in [-0.2, 0) is 6.42 Å². The lowest BCUT2D eigenvalue weighted by atomic mass is 10.1. The highest BCUT2D eigenvalue weighted by molar-refractivity contribution is 5.98. The SMILES string of the molecule is Cc1ccc(-n2nccn2)c(C(=O)NC2CCc3ccc(F)cc32)c1. The van der Waals surface area contributed by atoms with E-state index in [-0.39, 0.29) is 17.8 Å². The van der Waals surface area contributed by atoms with Crippen LogP contribution in [-0.4, -0.2) is 20.9 Å². The zero-order valence-corrected chi connectivity index (χ0v) is 13.7. The molecule has 1 aliphatic rings. The fourth-order valence-electron chi connectivity index (χ4n) is 3.31. The summed E-state index contributed by atoms with van der Waals surface area (Å²) in [5.74, 6) is -0.491. The van der Waals surface area contributed by atoms with E-state index in [1.165, 1.54) is 16.9 Å². The molecule has 1 aliphatic carbocycles. The largest absolute Gasteiger partial charge is 0.345 e. The van der Waals surface area contributed by atoms with Gasteiger partial charge >= 0.3 is 0 Å². The first kappa shape index (κ1) is 15.5. The fourth-order valence-corrected chi connectivity index (χ4v) is 3.31. The molecule has 1 aromatic heterocycles. The number of aryl methyl sites for hydroxylation is 2. The Morgan fingerprint density at radius 3 is 2.80 bits per heavy atom. The van der Waals surface area contributed by atoms with Gasteiger partial charge in [0.1, 0.15) is 5.82 Å². The second kappa shape index (κ2) is 6.12. The van der Waals surface area contributed by atoms with E-state index in [4.69, 9.17) is 0 Å². The number of nitrogens with one attached hydrogen (secondary N) is 1. The Labute approximate surface area is 144 Å². The van der Waals surface area contributed by atoms with Gasteiger partial charge in [-0.1, -0.05) is 17.7 Å². The minimum absolute atomic E-state index is 0.183. The molecular formula is C19H17FN4O. The molecule has 1 amide bonds. The Kier molecular flexibility index (Phi) is 3.80. The molecule has 0 saturated heterocycles.